The van der Waals surface area contributed by atoms with Crippen molar-refractivity contribution in [2.45, 2.75) is 57.5 Å². The third kappa shape index (κ3) is 5.80. The van der Waals surface area contributed by atoms with Gasteiger partial charge in [0.05, 0.1) is 19.3 Å². The molecule has 0 bridgehead atoms. The SMILES string of the molecule is COCCOC1CCN(CC2CCCCCC2)CC1. The molecule has 3 heteroatoms. The van der Waals surface area contributed by atoms with E-state index in [2.05, 4.69) is 4.90 Å². The van der Waals surface area contributed by atoms with Crippen LogP contribution in [0.5, 0.6) is 0 Å². The number of hydrogen-bond acceptors (Lipinski definition) is 3. The maximum Gasteiger partial charge on any atom is 0.0704 e. The van der Waals surface area contributed by atoms with Gasteiger partial charge in [-0.3, -0.25) is 0 Å². The maximum absolute atomic E-state index is 5.83. The van der Waals surface area contributed by atoms with Crippen LogP contribution >= 0.6 is 0 Å². The van der Waals surface area contributed by atoms with E-state index in [9.17, 15) is 0 Å². The Balaban J connectivity index is 1.59. The number of rotatable bonds is 6. The molecule has 19 heavy (non-hydrogen) atoms. The molecule has 0 aromatic rings. The van der Waals surface area contributed by atoms with Crippen LogP contribution in [-0.4, -0.2) is 51.0 Å². The van der Waals surface area contributed by atoms with Crippen LogP contribution in [0.25, 0.3) is 0 Å². The van der Waals surface area contributed by atoms with Crippen LogP contribution in [0.1, 0.15) is 51.4 Å². The first kappa shape index (κ1) is 15.3. The van der Waals surface area contributed by atoms with Crippen molar-refractivity contribution in [3.05, 3.63) is 0 Å². The molecule has 1 aliphatic heterocycles. The van der Waals surface area contributed by atoms with Crippen molar-refractivity contribution in [3.8, 4) is 0 Å². The molecule has 0 N–H and O–H groups in total. The molecule has 0 atom stereocenters. The summed E-state index contributed by atoms with van der Waals surface area (Å²) in [7, 11) is 1.73. The summed E-state index contributed by atoms with van der Waals surface area (Å²) >= 11 is 0. The minimum Gasteiger partial charge on any atom is -0.382 e. The predicted molar refractivity (Wildman–Crippen MR) is 78.5 cm³/mol. The molecule has 0 amide bonds. The van der Waals surface area contributed by atoms with E-state index >= 15 is 0 Å². The molecule has 2 aliphatic rings. The lowest BCUT2D eigenvalue weighted by atomic mass is 9.98. The predicted octanol–water partition coefficient (Wildman–Crippen LogP) is 3.08. The van der Waals surface area contributed by atoms with E-state index in [0.29, 0.717) is 6.10 Å². The topological polar surface area (TPSA) is 21.7 Å². The molecule has 2 rings (SSSR count). The number of piperidine rings is 1. The van der Waals surface area contributed by atoms with E-state index in [1.54, 1.807) is 7.11 Å². The zero-order valence-electron chi connectivity index (χ0n) is 12.6. The Morgan fingerprint density at radius 3 is 2.21 bits per heavy atom. The molecule has 1 saturated carbocycles. The monoisotopic (exact) mass is 269 g/mol. The minimum absolute atomic E-state index is 0.473. The molecule has 0 spiro atoms. The molecule has 1 aliphatic carbocycles. The third-order valence-electron chi connectivity index (χ3n) is 4.67. The van der Waals surface area contributed by atoms with E-state index < -0.39 is 0 Å². The van der Waals surface area contributed by atoms with Gasteiger partial charge in [0.1, 0.15) is 0 Å². The fraction of sp³-hybridized carbons (Fsp3) is 1.00. The van der Waals surface area contributed by atoms with Crippen molar-refractivity contribution >= 4 is 0 Å². The first-order chi connectivity index (χ1) is 9.38. The summed E-state index contributed by atoms with van der Waals surface area (Å²) in [5.74, 6) is 0.966. The normalized spacial score (nSPS) is 24.5. The summed E-state index contributed by atoms with van der Waals surface area (Å²) in [6.07, 6.45) is 11.7. The van der Waals surface area contributed by atoms with Gasteiger partial charge < -0.3 is 14.4 Å². The van der Waals surface area contributed by atoms with Crippen molar-refractivity contribution in [3.63, 3.8) is 0 Å². The van der Waals surface area contributed by atoms with Crippen LogP contribution in [0, 0.1) is 5.92 Å². The molecule has 0 aromatic carbocycles. The Bertz CT molecular complexity index is 219. The quantitative estimate of drug-likeness (QED) is 0.546. The summed E-state index contributed by atoms with van der Waals surface area (Å²) in [4.78, 5) is 2.67. The Kier molecular flexibility index (Phi) is 7.18. The average molecular weight is 269 g/mol. The third-order valence-corrected chi connectivity index (χ3v) is 4.67. The standard InChI is InChI=1S/C16H31NO2/c1-18-12-13-19-16-8-10-17(11-9-16)14-15-6-4-2-3-5-7-15/h15-16H,2-14H2,1H3. The molecule has 1 saturated heterocycles. The van der Waals surface area contributed by atoms with E-state index in [-0.39, 0.29) is 0 Å². The largest absolute Gasteiger partial charge is 0.382 e. The fourth-order valence-corrected chi connectivity index (χ4v) is 3.47. The highest BCUT2D eigenvalue weighted by atomic mass is 16.5. The van der Waals surface area contributed by atoms with Gasteiger partial charge in [-0.1, -0.05) is 25.7 Å². The van der Waals surface area contributed by atoms with Gasteiger partial charge in [0.2, 0.25) is 0 Å². The van der Waals surface area contributed by atoms with Crippen LogP contribution in [0.4, 0.5) is 0 Å². The van der Waals surface area contributed by atoms with E-state index in [1.165, 1.54) is 71.0 Å². The van der Waals surface area contributed by atoms with Crippen molar-refractivity contribution in [2.75, 3.05) is 40.0 Å². The zero-order valence-corrected chi connectivity index (χ0v) is 12.6. The number of ether oxygens (including phenoxy) is 2. The summed E-state index contributed by atoms with van der Waals surface area (Å²) in [6, 6.07) is 0. The molecule has 2 fully saturated rings. The number of hydrogen-bond donors (Lipinski definition) is 0. The molecular weight excluding hydrogens is 238 g/mol. The van der Waals surface area contributed by atoms with Gasteiger partial charge in [-0.05, 0) is 31.6 Å². The van der Waals surface area contributed by atoms with Crippen LogP contribution in [-0.2, 0) is 9.47 Å². The van der Waals surface area contributed by atoms with Gasteiger partial charge in [0, 0.05) is 26.7 Å². The van der Waals surface area contributed by atoms with Crippen LogP contribution in [0.3, 0.4) is 0 Å². The lowest BCUT2D eigenvalue weighted by Crippen LogP contribution is -2.39. The highest BCUT2D eigenvalue weighted by Crippen LogP contribution is 2.25. The van der Waals surface area contributed by atoms with Gasteiger partial charge in [0.15, 0.2) is 0 Å². The maximum atomic E-state index is 5.83. The van der Waals surface area contributed by atoms with Gasteiger partial charge >= 0.3 is 0 Å². The van der Waals surface area contributed by atoms with Gasteiger partial charge in [0.25, 0.3) is 0 Å². The van der Waals surface area contributed by atoms with E-state index in [4.69, 9.17) is 9.47 Å². The van der Waals surface area contributed by atoms with Crippen LogP contribution < -0.4 is 0 Å². The van der Waals surface area contributed by atoms with Crippen molar-refractivity contribution in [1.29, 1.82) is 0 Å². The summed E-state index contributed by atoms with van der Waals surface area (Å²) < 4.78 is 10.9. The molecule has 1 heterocycles. The van der Waals surface area contributed by atoms with Crippen molar-refractivity contribution in [2.24, 2.45) is 5.92 Å². The molecule has 112 valence electrons. The first-order valence-corrected chi connectivity index (χ1v) is 8.21. The fourth-order valence-electron chi connectivity index (χ4n) is 3.47. The average Bonchev–Trinajstić information content (AvgIpc) is 2.70. The minimum atomic E-state index is 0.473. The van der Waals surface area contributed by atoms with Gasteiger partial charge in [-0.25, -0.2) is 0 Å². The summed E-state index contributed by atoms with van der Waals surface area (Å²) in [6.45, 7) is 5.28. The van der Waals surface area contributed by atoms with Gasteiger partial charge in [-0.2, -0.15) is 0 Å². The first-order valence-electron chi connectivity index (χ1n) is 8.21. The van der Waals surface area contributed by atoms with Crippen molar-refractivity contribution in [1.82, 2.24) is 4.90 Å². The molecule has 0 aromatic heterocycles. The lowest BCUT2D eigenvalue weighted by Gasteiger charge is -2.34. The number of likely N-dealkylation sites (tertiary alicyclic amines) is 1. The second kappa shape index (κ2) is 8.93. The number of methoxy groups -OCH3 is 1. The Morgan fingerprint density at radius 1 is 0.895 bits per heavy atom. The lowest BCUT2D eigenvalue weighted by molar-refractivity contribution is -0.0168. The van der Waals surface area contributed by atoms with Crippen LogP contribution in [0.15, 0.2) is 0 Å². The van der Waals surface area contributed by atoms with E-state index in [1.807, 2.05) is 0 Å². The second-order valence-corrected chi connectivity index (χ2v) is 6.22. The van der Waals surface area contributed by atoms with E-state index in [0.717, 1.165) is 19.1 Å². The molecule has 3 nitrogen and oxygen atoms in total. The molecular formula is C16H31NO2. The zero-order chi connectivity index (χ0) is 13.3. The highest BCUT2D eigenvalue weighted by molar-refractivity contribution is 4.76. The number of nitrogens with zero attached hydrogens (tertiary/aromatic N) is 1. The summed E-state index contributed by atoms with van der Waals surface area (Å²) in [5, 5.41) is 0. The Morgan fingerprint density at radius 2 is 1.58 bits per heavy atom. The smallest absolute Gasteiger partial charge is 0.0704 e. The Labute approximate surface area is 118 Å². The van der Waals surface area contributed by atoms with Gasteiger partial charge in [-0.15, -0.1) is 0 Å². The summed E-state index contributed by atoms with van der Waals surface area (Å²) in [5.41, 5.74) is 0. The second-order valence-electron chi connectivity index (χ2n) is 6.22. The van der Waals surface area contributed by atoms with Crippen molar-refractivity contribution < 1.29 is 9.47 Å². The molecule has 0 unspecified atom stereocenters. The Hall–Kier alpha value is -0.120. The van der Waals surface area contributed by atoms with Crippen LogP contribution in [0.2, 0.25) is 0 Å². The molecule has 0 radical (unpaired) electrons. The highest BCUT2D eigenvalue weighted by Gasteiger charge is 2.22.